The van der Waals surface area contributed by atoms with Gasteiger partial charge in [0.05, 0.1) is 5.52 Å². The summed E-state index contributed by atoms with van der Waals surface area (Å²) in [6.45, 7) is 13.7. The first kappa shape index (κ1) is 17.6. The molecule has 0 saturated carbocycles. The zero-order valence-electron chi connectivity index (χ0n) is 16.4. The first-order chi connectivity index (χ1) is 12.1. The number of halogens is 1. The minimum Gasteiger partial charge on any atom is -0.323 e. The molecular formula is C24H26BrN. The Morgan fingerprint density at radius 3 is 2.04 bits per heavy atom. The molecule has 0 bridgehead atoms. The lowest BCUT2D eigenvalue weighted by Gasteiger charge is -2.23. The van der Waals surface area contributed by atoms with Crippen molar-refractivity contribution in [2.75, 3.05) is 0 Å². The van der Waals surface area contributed by atoms with Gasteiger partial charge in [-0.1, -0.05) is 81.7 Å². The molecule has 1 nitrogen and oxygen atoms in total. The summed E-state index contributed by atoms with van der Waals surface area (Å²) >= 11 is 3.82. The van der Waals surface area contributed by atoms with E-state index in [1.165, 1.54) is 38.2 Å². The minimum atomic E-state index is 0.0647. The van der Waals surface area contributed by atoms with Crippen LogP contribution in [0.15, 0.2) is 53.3 Å². The average molecular weight is 408 g/mol. The normalized spacial score (nSPS) is 13.2. The third kappa shape index (κ3) is 2.66. The van der Waals surface area contributed by atoms with Gasteiger partial charge in [-0.25, -0.2) is 0 Å². The van der Waals surface area contributed by atoms with Crippen molar-refractivity contribution in [2.24, 2.45) is 0 Å². The summed E-state index contributed by atoms with van der Waals surface area (Å²) in [6, 6.07) is 13.4. The second-order valence-corrected chi connectivity index (χ2v) is 10.2. The van der Waals surface area contributed by atoms with E-state index in [2.05, 4.69) is 111 Å². The van der Waals surface area contributed by atoms with Gasteiger partial charge in [-0.3, -0.25) is 0 Å². The smallest absolute Gasteiger partial charge is 0.0532 e. The summed E-state index contributed by atoms with van der Waals surface area (Å²) in [5.74, 6) is 0. The third-order valence-corrected chi connectivity index (χ3v) is 5.99. The minimum absolute atomic E-state index is 0.0647. The molecule has 0 atom stereocenters. The van der Waals surface area contributed by atoms with Crippen LogP contribution in [0.1, 0.15) is 52.7 Å². The van der Waals surface area contributed by atoms with Crippen LogP contribution < -0.4 is 0 Å². The Bertz CT molecular complexity index is 1150. The highest BCUT2D eigenvalue weighted by molar-refractivity contribution is 9.10. The van der Waals surface area contributed by atoms with Gasteiger partial charge in [-0.2, -0.15) is 0 Å². The molecule has 0 fully saturated rings. The topological polar surface area (TPSA) is 4.41 Å². The first-order valence-corrected chi connectivity index (χ1v) is 10.0. The molecule has 2 heterocycles. The molecule has 0 amide bonds. The number of fused-ring (bicyclic) bond motifs is 5. The second kappa shape index (κ2) is 5.60. The summed E-state index contributed by atoms with van der Waals surface area (Å²) in [5, 5.41) is 5.29. The molecule has 134 valence electrons. The molecule has 0 spiro atoms. The molecule has 4 aromatic rings. The van der Waals surface area contributed by atoms with Gasteiger partial charge in [0.15, 0.2) is 0 Å². The van der Waals surface area contributed by atoms with E-state index in [9.17, 15) is 0 Å². The van der Waals surface area contributed by atoms with E-state index in [4.69, 9.17) is 0 Å². The fourth-order valence-corrected chi connectivity index (χ4v) is 4.38. The van der Waals surface area contributed by atoms with E-state index in [0.29, 0.717) is 0 Å². The molecule has 0 N–H and O–H groups in total. The Morgan fingerprint density at radius 1 is 0.769 bits per heavy atom. The molecule has 2 heteroatoms. The summed E-state index contributed by atoms with van der Waals surface area (Å²) in [5.41, 5.74) is 4.24. The van der Waals surface area contributed by atoms with E-state index >= 15 is 0 Å². The van der Waals surface area contributed by atoms with Crippen molar-refractivity contribution >= 4 is 43.0 Å². The van der Waals surface area contributed by atoms with Crippen LogP contribution in [-0.2, 0) is 10.8 Å². The molecule has 0 aliphatic carbocycles. The molecule has 4 rings (SSSR count). The van der Waals surface area contributed by atoms with Gasteiger partial charge in [-0.15, -0.1) is 0 Å². The molecule has 2 aromatic heterocycles. The molecule has 0 unspecified atom stereocenters. The molecule has 0 aliphatic rings. The predicted molar refractivity (Wildman–Crippen MR) is 118 cm³/mol. The molecular weight excluding hydrogens is 382 g/mol. The maximum absolute atomic E-state index is 3.82. The average Bonchev–Trinajstić information content (AvgIpc) is 2.98. The Hall–Kier alpha value is -1.80. The Balaban J connectivity index is 2.28. The van der Waals surface area contributed by atoms with Gasteiger partial charge < -0.3 is 4.40 Å². The van der Waals surface area contributed by atoms with Crippen LogP contribution in [0, 0.1) is 0 Å². The summed E-state index contributed by atoms with van der Waals surface area (Å²) < 4.78 is 3.48. The lowest BCUT2D eigenvalue weighted by atomic mass is 9.83. The first-order valence-electron chi connectivity index (χ1n) is 9.24. The maximum atomic E-state index is 3.82. The van der Waals surface area contributed by atoms with Crippen molar-refractivity contribution in [1.82, 2.24) is 4.40 Å². The Labute approximate surface area is 164 Å². The van der Waals surface area contributed by atoms with E-state index in [1.54, 1.807) is 0 Å². The highest BCUT2D eigenvalue weighted by Crippen LogP contribution is 2.41. The van der Waals surface area contributed by atoms with Gasteiger partial charge in [0.25, 0.3) is 0 Å². The van der Waals surface area contributed by atoms with Gasteiger partial charge >= 0.3 is 0 Å². The van der Waals surface area contributed by atoms with Crippen LogP contribution in [0.4, 0.5) is 0 Å². The van der Waals surface area contributed by atoms with Crippen molar-refractivity contribution in [3.63, 3.8) is 0 Å². The van der Waals surface area contributed by atoms with Gasteiger partial charge in [-0.05, 0) is 50.2 Å². The van der Waals surface area contributed by atoms with Crippen molar-refractivity contribution < 1.29 is 0 Å². The van der Waals surface area contributed by atoms with Crippen LogP contribution in [0.25, 0.3) is 27.1 Å². The number of hydrogen-bond donors (Lipinski definition) is 0. The van der Waals surface area contributed by atoms with Gasteiger partial charge in [0.1, 0.15) is 0 Å². The van der Waals surface area contributed by atoms with Gasteiger partial charge in [0, 0.05) is 22.3 Å². The summed E-state index contributed by atoms with van der Waals surface area (Å²) in [7, 11) is 0. The van der Waals surface area contributed by atoms with Crippen LogP contribution in [0.2, 0.25) is 0 Å². The number of rotatable bonds is 0. The largest absolute Gasteiger partial charge is 0.323 e. The van der Waals surface area contributed by atoms with Crippen LogP contribution in [0.3, 0.4) is 0 Å². The fraction of sp³-hybridized carbons (Fsp3) is 0.333. The number of aromatic nitrogens is 1. The highest BCUT2D eigenvalue weighted by atomic mass is 79.9. The quantitative estimate of drug-likeness (QED) is 0.264. The Kier molecular flexibility index (Phi) is 3.79. The summed E-state index contributed by atoms with van der Waals surface area (Å²) in [6.07, 6.45) is 4.64. The lowest BCUT2D eigenvalue weighted by molar-refractivity contribution is 0.588. The van der Waals surface area contributed by atoms with Crippen molar-refractivity contribution in [2.45, 2.75) is 52.4 Å². The van der Waals surface area contributed by atoms with Crippen LogP contribution in [-0.4, -0.2) is 4.40 Å². The van der Waals surface area contributed by atoms with Gasteiger partial charge in [0.2, 0.25) is 0 Å². The maximum Gasteiger partial charge on any atom is 0.0532 e. The predicted octanol–water partition coefficient (Wildman–Crippen LogP) is 7.60. The van der Waals surface area contributed by atoms with E-state index in [1.807, 2.05) is 0 Å². The van der Waals surface area contributed by atoms with Crippen molar-refractivity contribution in [3.8, 4) is 0 Å². The number of benzene rings is 2. The zero-order valence-corrected chi connectivity index (χ0v) is 18.0. The number of hydrogen-bond acceptors (Lipinski definition) is 0. The van der Waals surface area contributed by atoms with Crippen molar-refractivity contribution in [1.29, 1.82) is 0 Å². The third-order valence-electron chi connectivity index (χ3n) is 5.33. The molecule has 0 aliphatic heterocycles. The SMILES string of the molecule is CC(C)(C)c1cc2c3cc(Br)c4ccccc4c3c(C(C)(C)C)cn2c1. The fourth-order valence-electron chi connectivity index (χ4n) is 3.81. The lowest BCUT2D eigenvalue weighted by Crippen LogP contribution is -2.13. The van der Waals surface area contributed by atoms with E-state index in [0.717, 1.165) is 4.47 Å². The number of nitrogens with zero attached hydrogens (tertiary/aromatic N) is 1. The molecule has 0 saturated heterocycles. The van der Waals surface area contributed by atoms with Crippen molar-refractivity contribution in [3.05, 3.63) is 64.4 Å². The van der Waals surface area contributed by atoms with E-state index in [-0.39, 0.29) is 10.8 Å². The highest BCUT2D eigenvalue weighted by Gasteiger charge is 2.23. The zero-order chi connectivity index (χ0) is 18.9. The molecule has 26 heavy (non-hydrogen) atoms. The van der Waals surface area contributed by atoms with E-state index < -0.39 is 0 Å². The molecule has 2 aromatic carbocycles. The van der Waals surface area contributed by atoms with Crippen LogP contribution >= 0.6 is 15.9 Å². The van der Waals surface area contributed by atoms with Crippen LogP contribution in [0.5, 0.6) is 0 Å². The summed E-state index contributed by atoms with van der Waals surface area (Å²) in [4.78, 5) is 0. The second-order valence-electron chi connectivity index (χ2n) is 9.39. The monoisotopic (exact) mass is 407 g/mol. The number of pyridine rings is 1. The standard InChI is InChI=1S/C24H26BrN/c1-23(2,3)15-11-21-18-12-20(25)16-9-7-8-10-17(16)22(18)19(24(4,5)6)14-26(21)13-15/h7-14H,1-6H3. The Morgan fingerprint density at radius 2 is 1.42 bits per heavy atom. The molecule has 0 radical (unpaired) electrons.